The van der Waals surface area contributed by atoms with Gasteiger partial charge in [0.2, 0.25) is 11.0 Å². The number of furan rings is 1. The molecular weight excluding hydrogens is 264 g/mol. The molecular formula is C9H9BrN2O3. The maximum absolute atomic E-state index is 11.5. The van der Waals surface area contributed by atoms with Crippen molar-refractivity contribution in [3.05, 3.63) is 27.0 Å². The van der Waals surface area contributed by atoms with Crippen LogP contribution in [0.4, 0.5) is 5.88 Å². The minimum Gasteiger partial charge on any atom is -0.456 e. The minimum atomic E-state index is -0.221. The number of hydrogen-bond acceptors (Lipinski definition) is 5. The van der Waals surface area contributed by atoms with Crippen LogP contribution >= 0.6 is 15.9 Å². The van der Waals surface area contributed by atoms with E-state index in [1.54, 1.807) is 0 Å². The molecule has 0 aliphatic heterocycles. The molecule has 0 fully saturated rings. The lowest BCUT2D eigenvalue weighted by molar-refractivity contribution is 0.585. The Balaban J connectivity index is 2.50. The highest BCUT2D eigenvalue weighted by molar-refractivity contribution is 9.10. The van der Waals surface area contributed by atoms with Crippen molar-refractivity contribution >= 4 is 33.0 Å². The Morgan fingerprint density at radius 3 is 3.00 bits per heavy atom. The van der Waals surface area contributed by atoms with Crippen LogP contribution in [0.3, 0.4) is 0 Å². The van der Waals surface area contributed by atoms with Crippen molar-refractivity contribution < 1.29 is 8.83 Å². The van der Waals surface area contributed by atoms with E-state index >= 15 is 0 Å². The van der Waals surface area contributed by atoms with Crippen LogP contribution < -0.4 is 16.5 Å². The topological polar surface area (TPSA) is 81.4 Å². The molecule has 2 aromatic rings. The molecule has 80 valence electrons. The van der Waals surface area contributed by atoms with Gasteiger partial charge in [-0.25, -0.2) is 0 Å². The van der Waals surface area contributed by atoms with Crippen molar-refractivity contribution in [1.82, 2.24) is 0 Å². The zero-order chi connectivity index (χ0) is 10.8. The van der Waals surface area contributed by atoms with Gasteiger partial charge in [0.05, 0.1) is 4.47 Å². The lowest BCUT2D eigenvalue weighted by Crippen LogP contribution is -2.14. The van der Waals surface area contributed by atoms with Gasteiger partial charge in [-0.1, -0.05) is 0 Å². The van der Waals surface area contributed by atoms with Crippen molar-refractivity contribution in [1.29, 1.82) is 0 Å². The fourth-order valence-corrected chi connectivity index (χ4v) is 1.55. The summed E-state index contributed by atoms with van der Waals surface area (Å²) in [4.78, 5) is 11.5. The van der Waals surface area contributed by atoms with Crippen LogP contribution in [0, 0.1) is 0 Å². The molecule has 3 N–H and O–H groups in total. The van der Waals surface area contributed by atoms with E-state index in [1.165, 1.54) is 12.3 Å². The standard InChI is InChI=1S/C9H9BrN2O3/c10-5-4-14-9-6(13)3-7(12-2-1-11)15-8(5)9/h3-4,12H,1-2,11H2. The number of halogens is 1. The molecule has 2 heterocycles. The molecule has 0 spiro atoms. The second kappa shape index (κ2) is 4.08. The van der Waals surface area contributed by atoms with Crippen LogP contribution in [0.25, 0.3) is 11.2 Å². The molecule has 5 nitrogen and oxygen atoms in total. The average molecular weight is 273 g/mol. The quantitative estimate of drug-likeness (QED) is 0.886. The molecule has 0 aromatic carbocycles. The summed E-state index contributed by atoms with van der Waals surface area (Å²) in [7, 11) is 0. The Morgan fingerprint density at radius 1 is 1.47 bits per heavy atom. The number of anilines is 1. The van der Waals surface area contributed by atoms with E-state index in [0.29, 0.717) is 29.0 Å². The van der Waals surface area contributed by atoms with E-state index in [2.05, 4.69) is 21.2 Å². The Kier molecular flexibility index (Phi) is 2.79. The Labute approximate surface area is 93.4 Å². The minimum absolute atomic E-state index is 0.208. The van der Waals surface area contributed by atoms with Crippen molar-refractivity contribution in [2.24, 2.45) is 5.73 Å². The first-order valence-corrected chi connectivity index (χ1v) is 5.16. The first kappa shape index (κ1) is 10.3. The van der Waals surface area contributed by atoms with Crippen molar-refractivity contribution in [3.8, 4) is 0 Å². The Hall–Kier alpha value is -1.27. The van der Waals surface area contributed by atoms with Gasteiger partial charge in [-0.2, -0.15) is 0 Å². The van der Waals surface area contributed by atoms with Crippen LogP contribution in [0.5, 0.6) is 0 Å². The van der Waals surface area contributed by atoms with Crippen LogP contribution in [-0.2, 0) is 0 Å². The monoisotopic (exact) mass is 272 g/mol. The van der Waals surface area contributed by atoms with Gasteiger partial charge in [0.15, 0.2) is 11.5 Å². The zero-order valence-electron chi connectivity index (χ0n) is 7.75. The number of hydrogen-bond donors (Lipinski definition) is 2. The van der Waals surface area contributed by atoms with Gasteiger partial charge in [-0.3, -0.25) is 4.79 Å². The van der Waals surface area contributed by atoms with Gasteiger partial charge in [0.25, 0.3) is 0 Å². The molecule has 6 heteroatoms. The highest BCUT2D eigenvalue weighted by Gasteiger charge is 2.11. The normalized spacial score (nSPS) is 10.8. The van der Waals surface area contributed by atoms with E-state index in [0.717, 1.165) is 0 Å². The predicted octanol–water partition coefficient (Wildman–Crippen LogP) is 1.52. The van der Waals surface area contributed by atoms with Gasteiger partial charge in [0, 0.05) is 19.2 Å². The molecule has 2 rings (SSSR count). The molecule has 0 atom stereocenters. The second-order valence-electron chi connectivity index (χ2n) is 2.93. The fourth-order valence-electron chi connectivity index (χ4n) is 1.20. The lowest BCUT2D eigenvalue weighted by atomic mass is 10.4. The van der Waals surface area contributed by atoms with Crippen LogP contribution in [0.2, 0.25) is 0 Å². The maximum Gasteiger partial charge on any atom is 0.230 e. The van der Waals surface area contributed by atoms with E-state index in [1.807, 2.05) is 0 Å². The molecule has 0 aliphatic carbocycles. The van der Waals surface area contributed by atoms with Crippen LogP contribution in [0.1, 0.15) is 0 Å². The second-order valence-corrected chi connectivity index (χ2v) is 3.79. The van der Waals surface area contributed by atoms with E-state index in [-0.39, 0.29) is 11.0 Å². The molecule has 0 bridgehead atoms. The fraction of sp³-hybridized carbons (Fsp3) is 0.222. The van der Waals surface area contributed by atoms with Gasteiger partial charge in [0.1, 0.15) is 6.26 Å². The average Bonchev–Trinajstić information content (AvgIpc) is 2.58. The van der Waals surface area contributed by atoms with Gasteiger partial charge >= 0.3 is 0 Å². The number of nitrogens with one attached hydrogen (secondary N) is 1. The largest absolute Gasteiger partial charge is 0.456 e. The number of nitrogens with two attached hydrogens (primary N) is 1. The molecule has 0 saturated carbocycles. The summed E-state index contributed by atoms with van der Waals surface area (Å²) in [6.45, 7) is 1.01. The SMILES string of the molecule is NCCNc1cc(=O)c2occ(Br)c2o1. The van der Waals surface area contributed by atoms with Crippen LogP contribution in [0.15, 0.2) is 30.4 Å². The third-order valence-corrected chi connectivity index (χ3v) is 2.39. The Morgan fingerprint density at radius 2 is 2.27 bits per heavy atom. The molecule has 0 unspecified atom stereocenters. The number of rotatable bonds is 3. The van der Waals surface area contributed by atoms with E-state index < -0.39 is 0 Å². The Bertz CT molecular complexity index is 532. The van der Waals surface area contributed by atoms with Crippen LogP contribution in [-0.4, -0.2) is 13.1 Å². The van der Waals surface area contributed by atoms with Crippen molar-refractivity contribution in [2.75, 3.05) is 18.4 Å². The molecule has 15 heavy (non-hydrogen) atoms. The summed E-state index contributed by atoms with van der Waals surface area (Å²) in [5, 5.41) is 2.89. The zero-order valence-corrected chi connectivity index (χ0v) is 9.33. The molecule has 0 amide bonds. The smallest absolute Gasteiger partial charge is 0.230 e. The number of fused-ring (bicyclic) bond motifs is 1. The van der Waals surface area contributed by atoms with Crippen molar-refractivity contribution in [3.63, 3.8) is 0 Å². The first-order chi connectivity index (χ1) is 7.22. The molecule has 2 aromatic heterocycles. The van der Waals surface area contributed by atoms with E-state index in [4.69, 9.17) is 14.6 Å². The summed E-state index contributed by atoms with van der Waals surface area (Å²) in [6, 6.07) is 1.34. The first-order valence-electron chi connectivity index (χ1n) is 4.37. The third kappa shape index (κ3) is 1.91. The summed E-state index contributed by atoms with van der Waals surface area (Å²) < 4.78 is 11.1. The lowest BCUT2D eigenvalue weighted by Gasteiger charge is -2.01. The van der Waals surface area contributed by atoms with Crippen molar-refractivity contribution in [2.45, 2.75) is 0 Å². The van der Waals surface area contributed by atoms with Gasteiger partial charge in [-0.05, 0) is 15.9 Å². The van der Waals surface area contributed by atoms with Gasteiger partial charge in [-0.15, -0.1) is 0 Å². The highest BCUT2D eigenvalue weighted by atomic mass is 79.9. The highest BCUT2D eigenvalue weighted by Crippen LogP contribution is 2.25. The third-order valence-electron chi connectivity index (χ3n) is 1.84. The molecule has 0 aliphatic rings. The summed E-state index contributed by atoms with van der Waals surface area (Å²) >= 11 is 3.22. The molecule has 0 saturated heterocycles. The molecule has 0 radical (unpaired) electrons. The van der Waals surface area contributed by atoms with E-state index in [9.17, 15) is 4.79 Å². The summed E-state index contributed by atoms with van der Waals surface area (Å²) in [5.74, 6) is 0.389. The predicted molar refractivity (Wildman–Crippen MR) is 60.0 cm³/mol. The van der Waals surface area contributed by atoms with Gasteiger partial charge < -0.3 is 19.9 Å². The maximum atomic E-state index is 11.5. The summed E-state index contributed by atoms with van der Waals surface area (Å²) in [5.41, 5.74) is 5.72. The summed E-state index contributed by atoms with van der Waals surface area (Å²) in [6.07, 6.45) is 1.42.